The molecule has 5 N–H and O–H groups in total. The van der Waals surface area contributed by atoms with Crippen molar-refractivity contribution in [2.24, 2.45) is 5.73 Å². The molecule has 4 aromatic rings. The minimum Gasteiger partial charge on any atom is -0.378 e. The van der Waals surface area contributed by atoms with Crippen LogP contribution in [0, 0.1) is 0 Å². The Bertz CT molecular complexity index is 1280. The van der Waals surface area contributed by atoms with Gasteiger partial charge in [-0.3, -0.25) is 9.78 Å². The predicted molar refractivity (Wildman–Crippen MR) is 141 cm³/mol. The van der Waals surface area contributed by atoms with Crippen molar-refractivity contribution >= 4 is 23.1 Å². The number of amides is 1. The lowest BCUT2D eigenvalue weighted by Gasteiger charge is -2.27. The van der Waals surface area contributed by atoms with Crippen LogP contribution in [-0.4, -0.2) is 44.1 Å². The molecule has 5 rings (SSSR count). The van der Waals surface area contributed by atoms with Crippen LogP contribution in [0.5, 0.6) is 0 Å². The van der Waals surface area contributed by atoms with E-state index in [1.165, 1.54) is 0 Å². The second kappa shape index (κ2) is 11.2. The molecule has 0 aliphatic heterocycles. The highest BCUT2D eigenvalue weighted by Gasteiger charge is 2.19. The number of aromatic nitrogens is 4. The van der Waals surface area contributed by atoms with E-state index in [0.29, 0.717) is 37.2 Å². The molecule has 186 valence electrons. The van der Waals surface area contributed by atoms with Crippen molar-refractivity contribution in [2.75, 3.05) is 17.2 Å². The molecule has 36 heavy (non-hydrogen) atoms. The lowest BCUT2D eigenvalue weighted by atomic mass is 9.92. The molecule has 1 saturated carbocycles. The zero-order valence-corrected chi connectivity index (χ0v) is 20.2. The van der Waals surface area contributed by atoms with Crippen molar-refractivity contribution in [3.8, 4) is 0 Å². The number of carbonyl (C=O) groups excluding carboxylic acids is 1. The molecule has 9 nitrogen and oxygen atoms in total. The highest BCUT2D eigenvalue weighted by atomic mass is 16.1. The maximum atomic E-state index is 12.5. The second-order valence-corrected chi connectivity index (χ2v) is 9.27. The molecule has 1 aliphatic carbocycles. The van der Waals surface area contributed by atoms with Gasteiger partial charge in [0.25, 0.3) is 5.91 Å². The Hall–Kier alpha value is -3.98. The highest BCUT2D eigenvalue weighted by molar-refractivity contribution is 5.94. The Morgan fingerprint density at radius 1 is 1.03 bits per heavy atom. The largest absolute Gasteiger partial charge is 0.378 e. The first kappa shape index (κ1) is 23.7. The third-order valence-electron chi connectivity index (χ3n) is 6.57. The zero-order valence-electron chi connectivity index (χ0n) is 20.2. The molecule has 3 aromatic heterocycles. The number of rotatable bonds is 9. The number of nitrogens with two attached hydrogens (primary N) is 1. The van der Waals surface area contributed by atoms with Gasteiger partial charge in [-0.05, 0) is 55.5 Å². The number of carbonyl (C=O) groups is 1. The van der Waals surface area contributed by atoms with Gasteiger partial charge in [0.2, 0.25) is 0 Å². The van der Waals surface area contributed by atoms with E-state index < -0.39 is 0 Å². The number of hydrogen-bond acceptors (Lipinski definition) is 7. The Labute approximate surface area is 210 Å². The van der Waals surface area contributed by atoms with E-state index in [1.54, 1.807) is 16.9 Å². The molecule has 0 unspecified atom stereocenters. The van der Waals surface area contributed by atoms with Crippen molar-refractivity contribution < 1.29 is 4.79 Å². The minimum absolute atomic E-state index is 0.0851. The maximum Gasteiger partial charge on any atom is 0.251 e. The van der Waals surface area contributed by atoms with Gasteiger partial charge in [-0.15, -0.1) is 5.10 Å². The van der Waals surface area contributed by atoms with Crippen LogP contribution >= 0.6 is 0 Å². The third kappa shape index (κ3) is 5.98. The van der Waals surface area contributed by atoms with Crippen LogP contribution in [0.25, 0.3) is 5.65 Å². The first-order valence-corrected chi connectivity index (χ1v) is 12.5. The Kier molecular flexibility index (Phi) is 7.37. The van der Waals surface area contributed by atoms with E-state index in [1.807, 2.05) is 54.7 Å². The molecule has 0 saturated heterocycles. The number of hydrogen-bond donors (Lipinski definition) is 4. The first-order valence-electron chi connectivity index (χ1n) is 12.5. The van der Waals surface area contributed by atoms with Gasteiger partial charge >= 0.3 is 0 Å². The van der Waals surface area contributed by atoms with Gasteiger partial charge in [-0.1, -0.05) is 18.2 Å². The molecule has 0 spiro atoms. The van der Waals surface area contributed by atoms with E-state index in [0.717, 1.165) is 54.1 Å². The molecular formula is C27H32N8O. The average Bonchev–Trinajstić information content (AvgIpc) is 3.38. The number of nitrogens with zero attached hydrogens (tertiary/aromatic N) is 4. The fraction of sp³-hybridized carbons (Fsp3) is 0.333. The van der Waals surface area contributed by atoms with Gasteiger partial charge in [0.1, 0.15) is 5.82 Å². The summed E-state index contributed by atoms with van der Waals surface area (Å²) in [4.78, 5) is 21.2. The standard InChI is InChI=1S/C27H32N8O/c28-21-8-10-23(11-9-21)33-25-17-24(26-30-15-16-35(26)34-25)32-18-19-4-6-20(7-5-19)27(36)31-14-12-22-3-1-2-13-29-22/h1-7,13,15-17,21,23,32H,8-12,14,18,28H2,(H,31,36)(H,33,34). The number of pyridine rings is 1. The lowest BCUT2D eigenvalue weighted by molar-refractivity contribution is 0.0954. The molecule has 1 amide bonds. The first-order chi connectivity index (χ1) is 17.6. The fourth-order valence-corrected chi connectivity index (χ4v) is 4.51. The van der Waals surface area contributed by atoms with Crippen molar-refractivity contribution in [3.63, 3.8) is 0 Å². The van der Waals surface area contributed by atoms with Crippen LogP contribution in [0.2, 0.25) is 0 Å². The van der Waals surface area contributed by atoms with Crippen LogP contribution in [0.3, 0.4) is 0 Å². The zero-order chi connectivity index (χ0) is 24.7. The summed E-state index contributed by atoms with van der Waals surface area (Å²) in [5, 5.41) is 14.7. The van der Waals surface area contributed by atoms with Crippen molar-refractivity contribution in [1.82, 2.24) is 24.9 Å². The van der Waals surface area contributed by atoms with Crippen molar-refractivity contribution in [2.45, 2.75) is 50.7 Å². The van der Waals surface area contributed by atoms with E-state index in [2.05, 4.69) is 31.0 Å². The number of nitrogens with one attached hydrogen (secondary N) is 3. The predicted octanol–water partition coefficient (Wildman–Crippen LogP) is 3.39. The smallest absolute Gasteiger partial charge is 0.251 e. The topological polar surface area (TPSA) is 122 Å². The number of anilines is 2. The number of benzene rings is 1. The van der Waals surface area contributed by atoms with Crippen LogP contribution in [0.4, 0.5) is 11.5 Å². The maximum absolute atomic E-state index is 12.5. The van der Waals surface area contributed by atoms with Gasteiger partial charge in [-0.25, -0.2) is 9.50 Å². The molecule has 3 heterocycles. The number of fused-ring (bicyclic) bond motifs is 1. The summed E-state index contributed by atoms with van der Waals surface area (Å²) in [5.41, 5.74) is 10.4. The van der Waals surface area contributed by atoms with Crippen molar-refractivity contribution in [3.05, 3.63) is 83.9 Å². The summed E-state index contributed by atoms with van der Waals surface area (Å²) < 4.78 is 1.79. The summed E-state index contributed by atoms with van der Waals surface area (Å²) in [6, 6.07) is 16.1. The third-order valence-corrected chi connectivity index (χ3v) is 6.57. The summed E-state index contributed by atoms with van der Waals surface area (Å²) in [5.74, 6) is 0.735. The summed E-state index contributed by atoms with van der Waals surface area (Å²) >= 11 is 0. The van der Waals surface area contributed by atoms with Gasteiger partial charge < -0.3 is 21.7 Å². The van der Waals surface area contributed by atoms with E-state index in [9.17, 15) is 4.79 Å². The van der Waals surface area contributed by atoms with Crippen LogP contribution in [0.15, 0.2) is 67.1 Å². The quantitative estimate of drug-likeness (QED) is 0.287. The summed E-state index contributed by atoms with van der Waals surface area (Å²) in [6.45, 7) is 1.15. The lowest BCUT2D eigenvalue weighted by Crippen LogP contribution is -2.33. The van der Waals surface area contributed by atoms with E-state index in [4.69, 9.17) is 5.73 Å². The molecule has 0 bridgehead atoms. The van der Waals surface area contributed by atoms with Gasteiger partial charge in [0, 0.05) is 67.5 Å². The Morgan fingerprint density at radius 3 is 2.64 bits per heavy atom. The summed E-state index contributed by atoms with van der Waals surface area (Å²) in [7, 11) is 0. The second-order valence-electron chi connectivity index (χ2n) is 9.27. The average molecular weight is 485 g/mol. The molecule has 0 radical (unpaired) electrons. The Balaban J connectivity index is 1.17. The molecule has 1 fully saturated rings. The van der Waals surface area contributed by atoms with Crippen LogP contribution in [0.1, 0.15) is 47.3 Å². The Morgan fingerprint density at radius 2 is 1.86 bits per heavy atom. The van der Waals surface area contributed by atoms with Crippen molar-refractivity contribution in [1.29, 1.82) is 0 Å². The molecule has 1 aliphatic rings. The molecule has 9 heteroatoms. The van der Waals surface area contributed by atoms with Gasteiger partial charge in [0.15, 0.2) is 5.65 Å². The molecule has 1 aromatic carbocycles. The summed E-state index contributed by atoms with van der Waals surface area (Å²) in [6.07, 6.45) is 10.2. The number of imidazole rings is 1. The molecular weight excluding hydrogens is 452 g/mol. The van der Waals surface area contributed by atoms with E-state index >= 15 is 0 Å². The minimum atomic E-state index is -0.0851. The fourth-order valence-electron chi connectivity index (χ4n) is 4.51. The highest BCUT2D eigenvalue weighted by Crippen LogP contribution is 2.24. The van der Waals surface area contributed by atoms with Gasteiger partial charge in [-0.2, -0.15) is 0 Å². The monoisotopic (exact) mass is 484 g/mol. The van der Waals surface area contributed by atoms with Crippen LogP contribution in [-0.2, 0) is 13.0 Å². The molecule has 0 atom stereocenters. The normalized spacial score (nSPS) is 17.6. The SMILES string of the molecule is NC1CCC(Nc2cc(NCc3ccc(C(=O)NCCc4ccccn4)cc3)c3nccn3n2)CC1. The van der Waals surface area contributed by atoms with Crippen LogP contribution < -0.4 is 21.7 Å². The van der Waals surface area contributed by atoms with Gasteiger partial charge in [0.05, 0.1) is 5.69 Å². The van der Waals surface area contributed by atoms with E-state index in [-0.39, 0.29) is 5.91 Å².